The molecule has 2 rings (SSSR count). The Morgan fingerprint density at radius 3 is 2.55 bits per heavy atom. The van der Waals surface area contributed by atoms with Crippen LogP contribution in [-0.2, 0) is 6.54 Å². The molecule has 20 heavy (non-hydrogen) atoms. The van der Waals surface area contributed by atoms with Crippen LogP contribution >= 0.6 is 12.6 Å². The second-order valence-corrected chi connectivity index (χ2v) is 4.19. The van der Waals surface area contributed by atoms with Gasteiger partial charge in [-0.1, -0.05) is 0 Å². The summed E-state index contributed by atoms with van der Waals surface area (Å²) < 4.78 is 6.25. The number of thiol groups is 1. The van der Waals surface area contributed by atoms with Crippen molar-refractivity contribution in [3.05, 3.63) is 44.3 Å². The molecule has 0 N–H and O–H groups in total. The molecule has 0 aliphatic rings. The van der Waals surface area contributed by atoms with E-state index in [1.807, 2.05) is 0 Å². The molecule has 0 saturated carbocycles. The highest BCUT2D eigenvalue weighted by Crippen LogP contribution is 2.31. The van der Waals surface area contributed by atoms with Crippen molar-refractivity contribution in [2.75, 3.05) is 0 Å². The Labute approximate surface area is 117 Å². The minimum absolute atomic E-state index is 0.0461. The largest absolute Gasteiger partial charge is 0.453 e. The van der Waals surface area contributed by atoms with Gasteiger partial charge in [-0.2, -0.15) is 12.6 Å². The monoisotopic (exact) mass is 299 g/mol. The molecule has 1 unspecified atom stereocenters. The molecular weight excluding hydrogens is 290 g/mol. The Morgan fingerprint density at radius 1 is 1.35 bits per heavy atom. The van der Waals surface area contributed by atoms with Crippen molar-refractivity contribution in [2.24, 2.45) is 0 Å². The quantitative estimate of drug-likeness (QED) is 0.505. The van der Waals surface area contributed by atoms with Crippen molar-refractivity contribution in [1.29, 1.82) is 0 Å². The van der Waals surface area contributed by atoms with Crippen molar-refractivity contribution in [2.45, 2.75) is 18.7 Å². The van der Waals surface area contributed by atoms with E-state index in [1.165, 1.54) is 4.57 Å². The Hall–Kier alpha value is -2.43. The van der Waals surface area contributed by atoms with E-state index in [9.17, 15) is 20.2 Å². The minimum atomic E-state index is -0.836. The first-order valence-corrected chi connectivity index (χ1v) is 5.95. The average Bonchev–Trinajstić information content (AvgIpc) is 3.04. The SMILES string of the molecule is CCn1c([N+](=O)[O-])cnc1C(S)c1ncc([N+](=O)[O-])o1. The molecule has 106 valence electrons. The van der Waals surface area contributed by atoms with Gasteiger partial charge in [-0.05, 0) is 11.8 Å². The predicted octanol–water partition coefficient (Wildman–Crippen LogP) is 1.73. The third kappa shape index (κ3) is 2.34. The van der Waals surface area contributed by atoms with Gasteiger partial charge in [-0.25, -0.2) is 14.5 Å². The topological polar surface area (TPSA) is 130 Å². The van der Waals surface area contributed by atoms with Crippen molar-refractivity contribution in [1.82, 2.24) is 14.5 Å². The zero-order valence-corrected chi connectivity index (χ0v) is 11.1. The van der Waals surface area contributed by atoms with Crippen LogP contribution in [0.2, 0.25) is 0 Å². The number of nitro groups is 2. The Balaban J connectivity index is 2.39. The van der Waals surface area contributed by atoms with Crippen molar-refractivity contribution >= 4 is 24.3 Å². The molecule has 0 fully saturated rings. The summed E-state index contributed by atoms with van der Waals surface area (Å²) in [5.41, 5.74) is 0. The van der Waals surface area contributed by atoms with Gasteiger partial charge in [0.15, 0.2) is 5.25 Å². The van der Waals surface area contributed by atoms with Gasteiger partial charge in [0.05, 0.1) is 6.54 Å². The van der Waals surface area contributed by atoms with Crippen LogP contribution in [0.25, 0.3) is 0 Å². The normalized spacial score (nSPS) is 12.3. The van der Waals surface area contributed by atoms with Gasteiger partial charge in [0.2, 0.25) is 11.7 Å². The van der Waals surface area contributed by atoms with Crippen LogP contribution in [0.4, 0.5) is 11.7 Å². The highest BCUT2D eigenvalue weighted by atomic mass is 32.1. The molecule has 0 saturated heterocycles. The summed E-state index contributed by atoms with van der Waals surface area (Å²) in [5.74, 6) is -0.528. The van der Waals surface area contributed by atoms with Gasteiger partial charge in [-0.3, -0.25) is 10.1 Å². The van der Waals surface area contributed by atoms with Gasteiger partial charge < -0.3 is 14.5 Å². The van der Waals surface area contributed by atoms with Crippen LogP contribution in [0.3, 0.4) is 0 Å². The first-order valence-electron chi connectivity index (χ1n) is 5.43. The minimum Gasteiger partial charge on any atom is -0.383 e. The Bertz CT molecular complexity index is 665. The Morgan fingerprint density at radius 2 is 2.05 bits per heavy atom. The van der Waals surface area contributed by atoms with Crippen LogP contribution in [-0.4, -0.2) is 24.4 Å². The van der Waals surface area contributed by atoms with Gasteiger partial charge in [0.25, 0.3) is 0 Å². The summed E-state index contributed by atoms with van der Waals surface area (Å²) in [7, 11) is 0. The number of aromatic nitrogens is 3. The lowest BCUT2D eigenvalue weighted by atomic mass is 10.4. The lowest BCUT2D eigenvalue weighted by Crippen LogP contribution is -2.08. The molecule has 0 bridgehead atoms. The molecule has 2 aromatic rings. The maximum atomic E-state index is 10.8. The molecule has 0 spiro atoms. The predicted molar refractivity (Wildman–Crippen MR) is 68.5 cm³/mol. The maximum absolute atomic E-state index is 10.8. The summed E-state index contributed by atoms with van der Waals surface area (Å²) in [6.07, 6.45) is 2.05. The fourth-order valence-corrected chi connectivity index (χ4v) is 1.99. The van der Waals surface area contributed by atoms with Crippen LogP contribution in [0.1, 0.15) is 23.9 Å². The molecule has 0 aromatic carbocycles. The van der Waals surface area contributed by atoms with Gasteiger partial charge in [0.1, 0.15) is 17.3 Å². The second-order valence-electron chi connectivity index (χ2n) is 3.67. The maximum Gasteiger partial charge on any atom is 0.453 e. The van der Waals surface area contributed by atoms with E-state index in [1.54, 1.807) is 6.92 Å². The molecular formula is C9H9N5O5S. The molecule has 10 nitrogen and oxygen atoms in total. The highest BCUT2D eigenvalue weighted by Gasteiger charge is 2.29. The van der Waals surface area contributed by atoms with Gasteiger partial charge in [-0.15, -0.1) is 0 Å². The summed E-state index contributed by atoms with van der Waals surface area (Å²) in [6.45, 7) is 2.00. The average molecular weight is 299 g/mol. The smallest absolute Gasteiger partial charge is 0.383 e. The van der Waals surface area contributed by atoms with E-state index in [0.29, 0.717) is 6.54 Å². The summed E-state index contributed by atoms with van der Waals surface area (Å²) in [5, 5.41) is 20.5. The molecule has 0 radical (unpaired) electrons. The van der Waals surface area contributed by atoms with E-state index in [-0.39, 0.29) is 17.5 Å². The standard InChI is InChI=1S/C9H9N5O5S/c1-2-12-5(13(15)16)3-10-8(12)7(20)9-11-4-6(19-9)14(17)18/h3-4,7,20H,2H2,1H3. The van der Waals surface area contributed by atoms with Crippen LogP contribution in [0.15, 0.2) is 16.8 Å². The third-order valence-electron chi connectivity index (χ3n) is 2.54. The first-order chi connectivity index (χ1) is 9.45. The number of rotatable bonds is 5. The van der Waals surface area contributed by atoms with E-state index < -0.39 is 21.0 Å². The number of hydrogen-bond acceptors (Lipinski definition) is 8. The van der Waals surface area contributed by atoms with E-state index in [2.05, 4.69) is 22.6 Å². The fourth-order valence-electron chi connectivity index (χ4n) is 1.67. The summed E-state index contributed by atoms with van der Waals surface area (Å²) in [6, 6.07) is 0. The van der Waals surface area contributed by atoms with Crippen LogP contribution in [0.5, 0.6) is 0 Å². The number of oxazole rings is 1. The zero-order chi connectivity index (χ0) is 14.9. The molecule has 1 atom stereocenters. The highest BCUT2D eigenvalue weighted by molar-refractivity contribution is 7.80. The van der Waals surface area contributed by atoms with Crippen molar-refractivity contribution < 1.29 is 14.3 Å². The molecule has 0 aliphatic carbocycles. The van der Waals surface area contributed by atoms with Gasteiger partial charge in [0, 0.05) is 0 Å². The molecule has 2 aromatic heterocycles. The van der Waals surface area contributed by atoms with Gasteiger partial charge >= 0.3 is 11.7 Å². The fraction of sp³-hybridized carbons (Fsp3) is 0.333. The Kier molecular flexibility index (Phi) is 3.70. The van der Waals surface area contributed by atoms with E-state index in [4.69, 9.17) is 4.42 Å². The number of nitrogens with zero attached hydrogens (tertiary/aromatic N) is 5. The molecule has 0 aliphatic heterocycles. The summed E-state index contributed by atoms with van der Waals surface area (Å²) >= 11 is 4.21. The molecule has 11 heteroatoms. The lowest BCUT2D eigenvalue weighted by Gasteiger charge is -2.05. The summed E-state index contributed by atoms with van der Waals surface area (Å²) in [4.78, 5) is 27.7. The van der Waals surface area contributed by atoms with Crippen molar-refractivity contribution in [3.8, 4) is 0 Å². The van der Waals surface area contributed by atoms with E-state index >= 15 is 0 Å². The molecule has 2 heterocycles. The van der Waals surface area contributed by atoms with Crippen LogP contribution < -0.4 is 0 Å². The van der Waals surface area contributed by atoms with E-state index in [0.717, 1.165) is 12.4 Å². The number of imidazole rings is 1. The van der Waals surface area contributed by atoms with Crippen LogP contribution in [0, 0.1) is 20.2 Å². The lowest BCUT2D eigenvalue weighted by molar-refractivity contribution is -0.402. The first kappa shape index (κ1) is 14.0. The second kappa shape index (κ2) is 5.28. The molecule has 0 amide bonds. The van der Waals surface area contributed by atoms with Crippen molar-refractivity contribution in [3.63, 3.8) is 0 Å². The number of hydrogen-bond donors (Lipinski definition) is 1. The third-order valence-corrected chi connectivity index (χ3v) is 2.99. The zero-order valence-electron chi connectivity index (χ0n) is 10.2.